The number of halogens is 1. The van der Waals surface area contributed by atoms with Gasteiger partial charge < -0.3 is 15.4 Å². The predicted octanol–water partition coefficient (Wildman–Crippen LogP) is 2.95. The van der Waals surface area contributed by atoms with Crippen LogP contribution in [-0.4, -0.2) is 51.8 Å². The number of morpholine rings is 1. The van der Waals surface area contributed by atoms with E-state index in [1.54, 1.807) is 28.8 Å². The molecule has 1 saturated heterocycles. The second-order valence-corrected chi connectivity index (χ2v) is 11.4. The first-order valence-electron chi connectivity index (χ1n) is 13.7. The minimum atomic E-state index is -1.03. The van der Waals surface area contributed by atoms with Crippen molar-refractivity contribution in [2.45, 2.75) is 44.9 Å². The number of rotatable bonds is 7. The highest BCUT2D eigenvalue weighted by Gasteiger charge is 2.34. The van der Waals surface area contributed by atoms with Crippen molar-refractivity contribution >= 4 is 45.8 Å². The second-order valence-electron chi connectivity index (χ2n) is 11.0. The molecule has 0 spiro atoms. The van der Waals surface area contributed by atoms with E-state index in [-0.39, 0.29) is 36.0 Å². The molecule has 1 unspecified atom stereocenters. The Morgan fingerprint density at radius 1 is 1.02 bits per heavy atom. The average Bonchev–Trinajstić information content (AvgIpc) is 3.90. The van der Waals surface area contributed by atoms with Crippen LogP contribution in [0.25, 0.3) is 10.9 Å². The molecule has 2 N–H and O–H groups in total. The lowest BCUT2D eigenvalue weighted by molar-refractivity contribution is -0.133. The maximum Gasteiger partial charge on any atom is 0.331 e. The highest BCUT2D eigenvalue weighted by Crippen LogP contribution is 2.34. The Kier molecular flexibility index (Phi) is 7.05. The maximum atomic E-state index is 14.0. The van der Waals surface area contributed by atoms with Gasteiger partial charge in [-0.2, -0.15) is 5.26 Å². The first-order chi connectivity index (χ1) is 19.7. The summed E-state index contributed by atoms with van der Waals surface area (Å²) in [5.74, 6) is 0.213. The number of carbonyl (C=O) groups is 2. The zero-order valence-electron chi connectivity index (χ0n) is 22.3. The number of hydrogen-bond donors (Lipinski definition) is 1. The van der Waals surface area contributed by atoms with Gasteiger partial charge in [0.25, 0.3) is 11.5 Å². The molecule has 3 amide bonds. The van der Waals surface area contributed by atoms with Crippen molar-refractivity contribution in [2.75, 3.05) is 24.6 Å². The fraction of sp³-hybridized carbons (Fsp3) is 0.414. The van der Waals surface area contributed by atoms with Crippen molar-refractivity contribution in [2.24, 2.45) is 17.6 Å². The number of carbonyl (C=O) groups excluding carboxylic acids is 2. The van der Waals surface area contributed by atoms with Crippen LogP contribution in [0.1, 0.15) is 31.2 Å². The third kappa shape index (κ3) is 5.33. The van der Waals surface area contributed by atoms with Crippen LogP contribution in [-0.2, 0) is 22.6 Å². The number of nitriles is 1. The summed E-state index contributed by atoms with van der Waals surface area (Å²) in [5, 5.41) is 9.84. The molecule has 2 aliphatic carbocycles. The number of benzene rings is 2. The summed E-state index contributed by atoms with van der Waals surface area (Å²) in [6.07, 6.45) is 3.02. The number of primary amides is 1. The normalized spacial score (nSPS) is 18.7. The van der Waals surface area contributed by atoms with Crippen molar-refractivity contribution in [1.29, 1.82) is 5.26 Å². The molecular weight excluding hydrogens is 548 g/mol. The van der Waals surface area contributed by atoms with Gasteiger partial charge in [0.1, 0.15) is 6.07 Å². The van der Waals surface area contributed by atoms with Crippen LogP contribution < -0.4 is 21.9 Å². The molecule has 2 heterocycles. The second kappa shape index (κ2) is 10.7. The van der Waals surface area contributed by atoms with Crippen molar-refractivity contribution in [3.63, 3.8) is 0 Å². The van der Waals surface area contributed by atoms with Gasteiger partial charge in [-0.15, -0.1) is 0 Å². The molecule has 3 aliphatic rings. The molecule has 1 atom stereocenters. The van der Waals surface area contributed by atoms with E-state index < -0.39 is 23.6 Å². The monoisotopic (exact) mass is 576 g/mol. The molecule has 41 heavy (non-hydrogen) atoms. The van der Waals surface area contributed by atoms with Gasteiger partial charge >= 0.3 is 11.7 Å². The zero-order valence-corrected chi connectivity index (χ0v) is 23.0. The Balaban J connectivity index is 1.49. The maximum absolute atomic E-state index is 14.0. The van der Waals surface area contributed by atoms with Gasteiger partial charge in [0.2, 0.25) is 0 Å². The Morgan fingerprint density at radius 2 is 1.68 bits per heavy atom. The van der Waals surface area contributed by atoms with Crippen LogP contribution in [0, 0.1) is 23.2 Å². The third-order valence-electron chi connectivity index (χ3n) is 7.95. The number of anilines is 2. The fourth-order valence-corrected chi connectivity index (χ4v) is 5.50. The number of aromatic nitrogens is 2. The molecule has 1 aliphatic heterocycles. The van der Waals surface area contributed by atoms with Crippen molar-refractivity contribution in [3.05, 3.63) is 67.8 Å². The Hall–Kier alpha value is -4.14. The van der Waals surface area contributed by atoms with Gasteiger partial charge in [-0.05, 0) is 73.9 Å². The molecular formula is C29H29ClN6O5. The Bertz CT molecular complexity index is 1720. The zero-order chi connectivity index (χ0) is 28.8. The third-order valence-corrected chi connectivity index (χ3v) is 8.26. The number of amides is 3. The minimum absolute atomic E-state index is 0.0443. The van der Waals surface area contributed by atoms with Gasteiger partial charge in [-0.25, -0.2) is 9.59 Å². The van der Waals surface area contributed by atoms with Crippen LogP contribution >= 0.6 is 11.6 Å². The summed E-state index contributed by atoms with van der Waals surface area (Å²) >= 11 is 6.35. The summed E-state index contributed by atoms with van der Waals surface area (Å²) in [6.45, 7) is 1.24. The summed E-state index contributed by atoms with van der Waals surface area (Å²) in [6, 6.07) is 10.9. The first-order valence-corrected chi connectivity index (χ1v) is 14.1. The molecule has 3 fully saturated rings. The highest BCUT2D eigenvalue weighted by molar-refractivity contribution is 6.32. The van der Waals surface area contributed by atoms with E-state index in [1.165, 1.54) is 26.5 Å². The Morgan fingerprint density at radius 3 is 2.32 bits per heavy atom. The van der Waals surface area contributed by atoms with E-state index in [4.69, 9.17) is 22.1 Å². The van der Waals surface area contributed by atoms with E-state index in [0.29, 0.717) is 47.2 Å². The molecule has 1 aromatic heterocycles. The average molecular weight is 577 g/mol. The summed E-state index contributed by atoms with van der Waals surface area (Å²) in [4.78, 5) is 55.7. The molecule has 12 heteroatoms. The van der Waals surface area contributed by atoms with Gasteiger partial charge in [-0.1, -0.05) is 11.6 Å². The van der Waals surface area contributed by atoms with E-state index >= 15 is 0 Å². The molecule has 3 aromatic rings. The van der Waals surface area contributed by atoms with E-state index in [1.807, 2.05) is 6.07 Å². The number of nitrogens with two attached hydrogens (primary N) is 1. The van der Waals surface area contributed by atoms with Crippen molar-refractivity contribution < 1.29 is 14.3 Å². The first kappa shape index (κ1) is 27.1. The summed E-state index contributed by atoms with van der Waals surface area (Å²) in [5.41, 5.74) is 6.23. The molecule has 212 valence electrons. The molecule has 11 nitrogen and oxygen atoms in total. The number of ether oxygens (including phenoxy) is 1. The van der Waals surface area contributed by atoms with Crippen LogP contribution in [0.3, 0.4) is 0 Å². The molecule has 2 aromatic carbocycles. The topological polar surface area (TPSA) is 144 Å². The van der Waals surface area contributed by atoms with Crippen molar-refractivity contribution in [1.82, 2.24) is 14.0 Å². The minimum Gasteiger partial charge on any atom is -0.365 e. The predicted molar refractivity (Wildman–Crippen MR) is 152 cm³/mol. The van der Waals surface area contributed by atoms with Crippen LogP contribution in [0.4, 0.5) is 16.2 Å². The number of hydrogen-bond acceptors (Lipinski definition) is 6. The standard InChI is InChI=1S/C29H29ClN6O5/c30-23-12-21(6-5-19(23)13-31)36(27(38)25-16-33(28(32)39)9-10-41-25)20-7-8-24-22(11-20)26(37)35(15-18-3-4-18)29(40)34(24)14-17-1-2-17/h5-8,11-12,17-18,25H,1-4,9-10,14-16H2,(H2,32,39). The summed E-state index contributed by atoms with van der Waals surface area (Å²) in [7, 11) is 0. The molecule has 2 saturated carbocycles. The van der Waals surface area contributed by atoms with Gasteiger partial charge in [0.15, 0.2) is 6.10 Å². The highest BCUT2D eigenvalue weighted by atomic mass is 35.5. The lowest BCUT2D eigenvalue weighted by Crippen LogP contribution is -2.53. The van der Waals surface area contributed by atoms with E-state index in [9.17, 15) is 24.4 Å². The van der Waals surface area contributed by atoms with Crippen molar-refractivity contribution in [3.8, 4) is 6.07 Å². The quantitative estimate of drug-likeness (QED) is 0.458. The largest absolute Gasteiger partial charge is 0.365 e. The number of nitrogens with zero attached hydrogens (tertiary/aromatic N) is 5. The van der Waals surface area contributed by atoms with Gasteiger partial charge in [0.05, 0.1) is 40.3 Å². The lowest BCUT2D eigenvalue weighted by atomic mass is 10.1. The van der Waals surface area contributed by atoms with Gasteiger partial charge in [0, 0.05) is 25.3 Å². The van der Waals surface area contributed by atoms with Crippen LogP contribution in [0.15, 0.2) is 46.0 Å². The van der Waals surface area contributed by atoms with Crippen LogP contribution in [0.5, 0.6) is 0 Å². The van der Waals surface area contributed by atoms with Crippen LogP contribution in [0.2, 0.25) is 5.02 Å². The number of fused-ring (bicyclic) bond motifs is 1. The Labute approximate surface area is 240 Å². The smallest absolute Gasteiger partial charge is 0.331 e. The molecule has 0 radical (unpaired) electrons. The molecule has 0 bridgehead atoms. The van der Waals surface area contributed by atoms with E-state index in [2.05, 4.69) is 0 Å². The fourth-order valence-electron chi connectivity index (χ4n) is 5.29. The van der Waals surface area contributed by atoms with Gasteiger partial charge in [-0.3, -0.25) is 23.6 Å². The SMILES string of the molecule is N#Cc1ccc(N(C(=O)C2CN(C(N)=O)CCO2)c2ccc3c(c2)c(=O)n(CC2CC2)c(=O)n3CC2CC2)cc1Cl. The summed E-state index contributed by atoms with van der Waals surface area (Å²) < 4.78 is 8.75. The molecule has 6 rings (SSSR count). The lowest BCUT2D eigenvalue weighted by Gasteiger charge is -2.34. The van der Waals surface area contributed by atoms with E-state index in [0.717, 1.165) is 25.7 Å². The number of urea groups is 1.